The van der Waals surface area contributed by atoms with Crippen molar-refractivity contribution in [3.05, 3.63) is 99.6 Å². The van der Waals surface area contributed by atoms with E-state index in [4.69, 9.17) is 26.4 Å². The third-order valence-electron chi connectivity index (χ3n) is 6.09. The number of pyridine rings is 1. The normalized spacial score (nSPS) is 12.2. The van der Waals surface area contributed by atoms with Crippen molar-refractivity contribution >= 4 is 39.9 Å². The highest BCUT2D eigenvalue weighted by atomic mass is 32.1. The van der Waals surface area contributed by atoms with Crippen molar-refractivity contribution in [1.29, 1.82) is 0 Å². The molecule has 38 heavy (non-hydrogen) atoms. The Balaban J connectivity index is 1.48. The van der Waals surface area contributed by atoms with Crippen molar-refractivity contribution in [2.75, 3.05) is 25.6 Å². The van der Waals surface area contributed by atoms with E-state index in [1.807, 2.05) is 6.07 Å². The van der Waals surface area contributed by atoms with Gasteiger partial charge in [-0.15, -0.1) is 0 Å². The first-order valence-electron chi connectivity index (χ1n) is 11.8. The molecule has 4 aromatic rings. The molecule has 0 fully saturated rings. The molecule has 0 atom stereocenters. The Morgan fingerprint density at radius 2 is 1.76 bits per heavy atom. The number of aromatic amines is 1. The number of ether oxygens (including phenoxy) is 3. The zero-order valence-corrected chi connectivity index (χ0v) is 21.3. The largest absolute Gasteiger partial charge is 0.486 e. The molecule has 3 aromatic carbocycles. The first kappa shape index (κ1) is 25.2. The predicted octanol–water partition coefficient (Wildman–Crippen LogP) is 4.62. The highest BCUT2D eigenvalue weighted by Crippen LogP contribution is 2.33. The topological polar surface area (TPSA) is 92.9 Å². The number of nitrogens with zero attached hydrogens (tertiary/aromatic N) is 1. The molecule has 5 rings (SSSR count). The molecule has 0 saturated carbocycles. The zero-order chi connectivity index (χ0) is 26.6. The Morgan fingerprint density at radius 1 is 1.05 bits per heavy atom. The number of rotatable bonds is 6. The predicted molar refractivity (Wildman–Crippen MR) is 145 cm³/mol. The summed E-state index contributed by atoms with van der Waals surface area (Å²) in [5, 5.41) is 4.16. The first-order valence-corrected chi connectivity index (χ1v) is 12.3. The van der Waals surface area contributed by atoms with E-state index >= 15 is 0 Å². The zero-order valence-electron chi connectivity index (χ0n) is 20.5. The minimum atomic E-state index is -0.513. The number of thiocarbonyl (C=S) groups is 1. The van der Waals surface area contributed by atoms with E-state index in [1.165, 1.54) is 19.2 Å². The summed E-state index contributed by atoms with van der Waals surface area (Å²) in [6.45, 7) is 1.32. The van der Waals surface area contributed by atoms with Gasteiger partial charge in [-0.1, -0.05) is 24.3 Å². The number of aromatic nitrogens is 1. The maximum absolute atomic E-state index is 13.5. The Kier molecular flexibility index (Phi) is 7.23. The molecule has 2 heterocycles. The molecule has 194 valence electrons. The molecule has 10 heteroatoms. The number of esters is 1. The van der Waals surface area contributed by atoms with E-state index in [0.29, 0.717) is 47.0 Å². The van der Waals surface area contributed by atoms with Crippen LogP contribution in [0.4, 0.5) is 10.1 Å². The number of halogens is 1. The van der Waals surface area contributed by atoms with Gasteiger partial charge < -0.3 is 29.4 Å². The summed E-state index contributed by atoms with van der Waals surface area (Å²) in [7, 11) is 1.30. The molecule has 0 amide bonds. The number of nitrogens with one attached hydrogen (secondary N) is 2. The molecule has 2 N–H and O–H groups in total. The van der Waals surface area contributed by atoms with Crippen molar-refractivity contribution in [2.24, 2.45) is 0 Å². The Morgan fingerprint density at radius 3 is 2.50 bits per heavy atom. The fourth-order valence-electron chi connectivity index (χ4n) is 4.20. The number of anilines is 1. The van der Waals surface area contributed by atoms with Gasteiger partial charge in [-0.05, 0) is 54.2 Å². The maximum atomic E-state index is 13.5. The highest BCUT2D eigenvalue weighted by Gasteiger charge is 2.19. The van der Waals surface area contributed by atoms with Crippen molar-refractivity contribution in [3.8, 4) is 11.5 Å². The van der Waals surface area contributed by atoms with Crippen molar-refractivity contribution in [1.82, 2.24) is 9.88 Å². The number of carbonyl (C=O) groups excluding carboxylic acids is 1. The van der Waals surface area contributed by atoms with Crippen LogP contribution in [0.2, 0.25) is 0 Å². The lowest BCUT2D eigenvalue weighted by molar-refractivity contribution is 0.0602. The summed E-state index contributed by atoms with van der Waals surface area (Å²) in [6.07, 6.45) is 0. The Hall–Kier alpha value is -4.44. The minimum Gasteiger partial charge on any atom is -0.486 e. The lowest BCUT2D eigenvalue weighted by Gasteiger charge is -2.26. The number of benzene rings is 3. The van der Waals surface area contributed by atoms with Crippen LogP contribution in [0, 0.1) is 5.82 Å². The van der Waals surface area contributed by atoms with Gasteiger partial charge in [0.2, 0.25) is 0 Å². The Labute approximate surface area is 222 Å². The van der Waals surface area contributed by atoms with Gasteiger partial charge in [-0.25, -0.2) is 9.18 Å². The van der Waals surface area contributed by atoms with Crippen LogP contribution in [0.5, 0.6) is 11.5 Å². The van der Waals surface area contributed by atoms with E-state index < -0.39 is 5.97 Å². The summed E-state index contributed by atoms with van der Waals surface area (Å²) in [5.74, 6) is 0.330. The van der Waals surface area contributed by atoms with E-state index in [9.17, 15) is 14.0 Å². The van der Waals surface area contributed by atoms with Crippen LogP contribution < -0.4 is 20.3 Å². The van der Waals surface area contributed by atoms with Gasteiger partial charge in [0.25, 0.3) is 5.56 Å². The molecule has 0 radical (unpaired) electrons. The van der Waals surface area contributed by atoms with Crippen LogP contribution in [-0.4, -0.2) is 41.3 Å². The number of hydrogen-bond acceptors (Lipinski definition) is 6. The van der Waals surface area contributed by atoms with Crippen molar-refractivity contribution in [3.63, 3.8) is 0 Å². The summed E-state index contributed by atoms with van der Waals surface area (Å²) in [6, 6.07) is 18.2. The summed E-state index contributed by atoms with van der Waals surface area (Å²) in [5.41, 5.74) is 2.37. The second-order valence-corrected chi connectivity index (χ2v) is 9.04. The summed E-state index contributed by atoms with van der Waals surface area (Å²) >= 11 is 5.72. The van der Waals surface area contributed by atoms with Gasteiger partial charge in [-0.3, -0.25) is 4.79 Å². The van der Waals surface area contributed by atoms with Gasteiger partial charge in [0.1, 0.15) is 19.0 Å². The van der Waals surface area contributed by atoms with Gasteiger partial charge in [0.15, 0.2) is 16.6 Å². The molecule has 0 unspecified atom stereocenters. The summed E-state index contributed by atoms with van der Waals surface area (Å²) < 4.78 is 29.7. The third-order valence-corrected chi connectivity index (χ3v) is 6.45. The number of fused-ring (bicyclic) bond motifs is 2. The molecule has 0 bridgehead atoms. The maximum Gasteiger partial charge on any atom is 0.339 e. The number of H-pyrrole nitrogens is 1. The molecule has 0 spiro atoms. The average molecular weight is 534 g/mol. The monoisotopic (exact) mass is 533 g/mol. The molecule has 1 aromatic heterocycles. The van der Waals surface area contributed by atoms with E-state index in [0.717, 1.165) is 10.9 Å². The minimum absolute atomic E-state index is 0.142. The molecule has 0 aliphatic carbocycles. The smallest absolute Gasteiger partial charge is 0.339 e. The summed E-state index contributed by atoms with van der Waals surface area (Å²) in [4.78, 5) is 30.0. The van der Waals surface area contributed by atoms with Crippen LogP contribution >= 0.6 is 12.2 Å². The molecule has 1 aliphatic rings. The van der Waals surface area contributed by atoms with Crippen LogP contribution in [0.3, 0.4) is 0 Å². The standard InChI is InChI=1S/C28H24FN3O5S/c1-35-27(34)21-4-2-3-5-22(21)31-28(38)32(15-17-6-8-20(29)9-7-17)16-19-12-18-13-24-25(37-11-10-36-24)14-23(18)30-26(19)33/h2-9,12-14H,10-11,15-16H2,1H3,(H,30,33)(H,31,38). The van der Waals surface area contributed by atoms with E-state index in [2.05, 4.69) is 10.3 Å². The molecule has 1 aliphatic heterocycles. The SMILES string of the molecule is COC(=O)c1ccccc1NC(=S)N(Cc1ccc(F)cc1)Cc1cc2cc3c(cc2[nH]c1=O)OCCO3. The third kappa shape index (κ3) is 5.45. The molecular weight excluding hydrogens is 509 g/mol. The number of hydrogen-bond donors (Lipinski definition) is 2. The number of carbonyl (C=O) groups is 1. The molecular formula is C28H24FN3O5S. The van der Waals surface area contributed by atoms with E-state index in [1.54, 1.807) is 53.4 Å². The van der Waals surface area contributed by atoms with Crippen LogP contribution in [-0.2, 0) is 17.8 Å². The Bertz CT molecular complexity index is 1570. The lowest BCUT2D eigenvalue weighted by Crippen LogP contribution is -2.36. The highest BCUT2D eigenvalue weighted by molar-refractivity contribution is 7.80. The van der Waals surface area contributed by atoms with Crippen LogP contribution in [0.25, 0.3) is 10.9 Å². The fourth-order valence-corrected chi connectivity index (χ4v) is 4.43. The first-order chi connectivity index (χ1) is 18.4. The van der Waals surface area contributed by atoms with Gasteiger partial charge in [0.05, 0.1) is 30.4 Å². The second-order valence-electron chi connectivity index (χ2n) is 8.66. The van der Waals surface area contributed by atoms with Gasteiger partial charge >= 0.3 is 5.97 Å². The van der Waals surface area contributed by atoms with Crippen molar-refractivity contribution in [2.45, 2.75) is 13.1 Å². The van der Waals surface area contributed by atoms with Crippen LogP contribution in [0.15, 0.2) is 71.5 Å². The quantitative estimate of drug-likeness (QED) is 0.274. The average Bonchev–Trinajstić information content (AvgIpc) is 2.93. The van der Waals surface area contributed by atoms with E-state index in [-0.39, 0.29) is 29.6 Å². The number of para-hydroxylation sites is 1. The number of methoxy groups -OCH3 is 1. The fraction of sp³-hybridized carbons (Fsp3) is 0.179. The van der Waals surface area contributed by atoms with Crippen molar-refractivity contribution < 1.29 is 23.4 Å². The molecule has 8 nitrogen and oxygen atoms in total. The van der Waals surface area contributed by atoms with Gasteiger partial charge in [0, 0.05) is 23.6 Å². The lowest BCUT2D eigenvalue weighted by atomic mass is 10.1. The second kappa shape index (κ2) is 10.9. The molecule has 0 saturated heterocycles. The van der Waals surface area contributed by atoms with Crippen LogP contribution in [0.1, 0.15) is 21.5 Å². The van der Waals surface area contributed by atoms with Gasteiger partial charge in [-0.2, -0.15) is 0 Å².